The topological polar surface area (TPSA) is 47.3 Å². The number of aliphatic hydroxyl groups is 1. The Morgan fingerprint density at radius 3 is 2.54 bits per heavy atom. The minimum absolute atomic E-state index is 0.313. The zero-order valence-corrected chi connectivity index (χ0v) is 8.53. The van der Waals surface area contributed by atoms with Gasteiger partial charge in [-0.1, -0.05) is 0 Å². The first-order chi connectivity index (χ1) is 6.02. The summed E-state index contributed by atoms with van der Waals surface area (Å²) < 4.78 is 7.19. The van der Waals surface area contributed by atoms with Crippen molar-refractivity contribution < 1.29 is 9.84 Å². The van der Waals surface area contributed by atoms with E-state index >= 15 is 0 Å². The molecule has 0 aliphatic carbocycles. The average Bonchev–Trinajstić information content (AvgIpc) is 2.24. The molecule has 1 aromatic heterocycles. The minimum atomic E-state index is -0.445. The summed E-state index contributed by atoms with van der Waals surface area (Å²) >= 11 is 0. The number of ether oxygens (including phenoxy) is 1. The zero-order valence-electron chi connectivity index (χ0n) is 8.53. The molecule has 0 saturated heterocycles. The van der Waals surface area contributed by atoms with Crippen LogP contribution in [0.3, 0.4) is 0 Å². The second kappa shape index (κ2) is 3.79. The maximum absolute atomic E-state index is 9.05. The molecule has 74 valence electrons. The average molecular weight is 184 g/mol. The van der Waals surface area contributed by atoms with Gasteiger partial charge < -0.3 is 9.84 Å². The summed E-state index contributed by atoms with van der Waals surface area (Å²) in [6.07, 6.45) is -0.445. The lowest BCUT2D eigenvalue weighted by atomic mass is 10.3. The van der Waals surface area contributed by atoms with Gasteiger partial charge in [-0.3, -0.25) is 4.68 Å². The van der Waals surface area contributed by atoms with Crippen molar-refractivity contribution in [1.29, 1.82) is 0 Å². The zero-order chi connectivity index (χ0) is 10.0. The van der Waals surface area contributed by atoms with Crippen LogP contribution in [-0.2, 0) is 7.05 Å². The van der Waals surface area contributed by atoms with Gasteiger partial charge >= 0.3 is 0 Å². The first-order valence-corrected chi connectivity index (χ1v) is 4.33. The van der Waals surface area contributed by atoms with Crippen LogP contribution < -0.4 is 4.74 Å². The number of aliphatic hydroxyl groups excluding tert-OH is 1. The Morgan fingerprint density at radius 1 is 1.54 bits per heavy atom. The van der Waals surface area contributed by atoms with Crippen molar-refractivity contribution in [1.82, 2.24) is 9.78 Å². The number of nitrogens with zero attached hydrogens (tertiary/aromatic N) is 2. The van der Waals surface area contributed by atoms with E-state index in [1.54, 1.807) is 11.6 Å². The predicted molar refractivity (Wildman–Crippen MR) is 49.9 cm³/mol. The minimum Gasteiger partial charge on any atom is -0.487 e. The summed E-state index contributed by atoms with van der Waals surface area (Å²) in [5, 5.41) is 13.2. The molecule has 1 aromatic rings. The number of hydrogen-bond donors (Lipinski definition) is 1. The van der Waals surface area contributed by atoms with Gasteiger partial charge in [-0.05, 0) is 20.8 Å². The maximum Gasteiger partial charge on any atom is 0.163 e. The lowest BCUT2D eigenvalue weighted by Crippen LogP contribution is -2.13. The van der Waals surface area contributed by atoms with Gasteiger partial charge in [0.25, 0.3) is 0 Å². The highest BCUT2D eigenvalue weighted by Gasteiger charge is 2.10. The molecule has 0 aliphatic heterocycles. The largest absolute Gasteiger partial charge is 0.487 e. The molecule has 13 heavy (non-hydrogen) atoms. The smallest absolute Gasteiger partial charge is 0.163 e. The summed E-state index contributed by atoms with van der Waals surface area (Å²) in [6.45, 7) is 5.84. The van der Waals surface area contributed by atoms with Crippen LogP contribution in [-0.4, -0.2) is 27.6 Å². The molecule has 0 fully saturated rings. The van der Waals surface area contributed by atoms with E-state index in [2.05, 4.69) is 5.10 Å². The van der Waals surface area contributed by atoms with Crippen molar-refractivity contribution in [3.63, 3.8) is 0 Å². The fourth-order valence-electron chi connectivity index (χ4n) is 1.17. The molecule has 4 heteroatoms. The monoisotopic (exact) mass is 184 g/mol. The van der Waals surface area contributed by atoms with Crippen LogP contribution in [0.2, 0.25) is 0 Å². The predicted octanol–water partition coefficient (Wildman–Crippen LogP) is 0.797. The third kappa shape index (κ3) is 2.21. The van der Waals surface area contributed by atoms with Crippen LogP contribution in [0, 0.1) is 13.8 Å². The molecule has 1 rings (SSSR count). The second-order valence-electron chi connectivity index (χ2n) is 3.28. The van der Waals surface area contributed by atoms with Crippen molar-refractivity contribution in [2.24, 2.45) is 7.05 Å². The fraction of sp³-hybridized carbons (Fsp3) is 0.667. The molecule has 0 aromatic carbocycles. The molecule has 1 unspecified atom stereocenters. The Labute approximate surface area is 78.1 Å². The van der Waals surface area contributed by atoms with Gasteiger partial charge in [-0.2, -0.15) is 5.10 Å². The Kier molecular flexibility index (Phi) is 2.93. The fourth-order valence-corrected chi connectivity index (χ4v) is 1.17. The second-order valence-corrected chi connectivity index (χ2v) is 3.28. The van der Waals surface area contributed by atoms with Gasteiger partial charge in [0, 0.05) is 7.05 Å². The van der Waals surface area contributed by atoms with Crippen LogP contribution in [0.25, 0.3) is 0 Å². The van der Waals surface area contributed by atoms with E-state index in [4.69, 9.17) is 9.84 Å². The third-order valence-corrected chi connectivity index (χ3v) is 1.91. The first kappa shape index (κ1) is 10.1. The van der Waals surface area contributed by atoms with Crippen LogP contribution in [0.4, 0.5) is 0 Å². The van der Waals surface area contributed by atoms with Gasteiger partial charge in [-0.25, -0.2) is 0 Å². The number of hydrogen-bond acceptors (Lipinski definition) is 3. The Balaban J connectivity index is 2.76. The van der Waals surface area contributed by atoms with Crippen LogP contribution in [0.1, 0.15) is 18.3 Å². The molecular weight excluding hydrogens is 168 g/mol. The lowest BCUT2D eigenvalue weighted by molar-refractivity contribution is 0.122. The van der Waals surface area contributed by atoms with Gasteiger partial charge in [0.05, 0.1) is 11.8 Å². The molecule has 1 heterocycles. The number of rotatable bonds is 3. The first-order valence-electron chi connectivity index (χ1n) is 4.33. The molecule has 0 saturated carbocycles. The van der Waals surface area contributed by atoms with Crippen LogP contribution in [0.15, 0.2) is 0 Å². The molecule has 1 N–H and O–H groups in total. The quantitative estimate of drug-likeness (QED) is 0.755. The lowest BCUT2D eigenvalue weighted by Gasteiger charge is -2.07. The standard InChI is InChI=1S/C9H16N2O2/c1-6(12)5-13-9-7(2)10-11(4)8(9)3/h6,12H,5H2,1-4H3. The summed E-state index contributed by atoms with van der Waals surface area (Å²) in [4.78, 5) is 0. The van der Waals surface area contributed by atoms with Crippen LogP contribution in [0.5, 0.6) is 5.75 Å². The summed E-state index contributed by atoms with van der Waals surface area (Å²) in [5.74, 6) is 0.781. The van der Waals surface area contributed by atoms with Crippen molar-refractivity contribution in [2.45, 2.75) is 26.9 Å². The normalized spacial score (nSPS) is 13.0. The van der Waals surface area contributed by atoms with Gasteiger partial charge in [0.15, 0.2) is 5.75 Å². The van der Waals surface area contributed by atoms with Crippen molar-refractivity contribution in [2.75, 3.05) is 6.61 Å². The van der Waals surface area contributed by atoms with E-state index in [1.807, 2.05) is 20.9 Å². The SMILES string of the molecule is Cc1nn(C)c(C)c1OCC(C)O. The van der Waals surface area contributed by atoms with Crippen molar-refractivity contribution in [3.05, 3.63) is 11.4 Å². The van der Waals surface area contributed by atoms with Gasteiger partial charge in [0.2, 0.25) is 0 Å². The summed E-state index contributed by atoms with van der Waals surface area (Å²) in [5.41, 5.74) is 1.85. The Morgan fingerprint density at radius 2 is 2.15 bits per heavy atom. The molecule has 4 nitrogen and oxygen atoms in total. The van der Waals surface area contributed by atoms with E-state index in [-0.39, 0.29) is 0 Å². The van der Waals surface area contributed by atoms with E-state index in [0.29, 0.717) is 6.61 Å². The molecule has 0 radical (unpaired) electrons. The number of aromatic nitrogens is 2. The Hall–Kier alpha value is -1.03. The van der Waals surface area contributed by atoms with E-state index < -0.39 is 6.10 Å². The maximum atomic E-state index is 9.05. The summed E-state index contributed by atoms with van der Waals surface area (Å²) in [6, 6.07) is 0. The third-order valence-electron chi connectivity index (χ3n) is 1.91. The van der Waals surface area contributed by atoms with Crippen LogP contribution >= 0.6 is 0 Å². The highest BCUT2D eigenvalue weighted by Crippen LogP contribution is 2.21. The molecule has 0 amide bonds. The van der Waals surface area contributed by atoms with Gasteiger partial charge in [0.1, 0.15) is 12.3 Å². The van der Waals surface area contributed by atoms with E-state index in [1.165, 1.54) is 0 Å². The molecule has 0 bridgehead atoms. The van der Waals surface area contributed by atoms with E-state index in [0.717, 1.165) is 17.1 Å². The molecule has 0 aliphatic rings. The Bertz CT molecular complexity index is 292. The molecular formula is C9H16N2O2. The molecule has 1 atom stereocenters. The molecule has 0 spiro atoms. The number of aryl methyl sites for hydroxylation is 2. The summed E-state index contributed by atoms with van der Waals surface area (Å²) in [7, 11) is 1.87. The van der Waals surface area contributed by atoms with Crippen molar-refractivity contribution in [3.8, 4) is 5.75 Å². The highest BCUT2D eigenvalue weighted by atomic mass is 16.5. The van der Waals surface area contributed by atoms with Crippen molar-refractivity contribution >= 4 is 0 Å². The highest BCUT2D eigenvalue weighted by molar-refractivity contribution is 5.31. The van der Waals surface area contributed by atoms with E-state index in [9.17, 15) is 0 Å². The van der Waals surface area contributed by atoms with Gasteiger partial charge in [-0.15, -0.1) is 0 Å².